The van der Waals surface area contributed by atoms with E-state index < -0.39 is 12.1 Å². The van der Waals surface area contributed by atoms with E-state index in [-0.39, 0.29) is 5.56 Å². The summed E-state index contributed by atoms with van der Waals surface area (Å²) >= 11 is 0. The van der Waals surface area contributed by atoms with Crippen molar-refractivity contribution in [3.05, 3.63) is 65.4 Å². The van der Waals surface area contributed by atoms with Gasteiger partial charge in [-0.3, -0.25) is 0 Å². The minimum absolute atomic E-state index is 0.120. The van der Waals surface area contributed by atoms with Crippen LogP contribution < -0.4 is 5.73 Å². The van der Waals surface area contributed by atoms with Crippen LogP contribution in [0.5, 0.6) is 0 Å². The normalized spacial score (nSPS) is 10.8. The lowest BCUT2D eigenvalue weighted by Crippen LogP contribution is -2.00. The number of benzene rings is 2. The Kier molecular flexibility index (Phi) is 4.00. The quantitative estimate of drug-likeness (QED) is 0.733. The molecule has 0 aliphatic carbocycles. The number of hydrogen-bond donors (Lipinski definition) is 1. The van der Waals surface area contributed by atoms with Crippen molar-refractivity contribution in [3.8, 4) is 23.0 Å². The summed E-state index contributed by atoms with van der Waals surface area (Å²) in [6, 6.07) is 15.8. The molecule has 0 spiro atoms. The lowest BCUT2D eigenvalue weighted by molar-refractivity contribution is 0.145. The van der Waals surface area contributed by atoms with E-state index in [9.17, 15) is 14.0 Å². The summed E-state index contributed by atoms with van der Waals surface area (Å²) in [6.07, 6.45) is -2.83. The third-order valence-electron chi connectivity index (χ3n) is 3.69. The van der Waals surface area contributed by atoms with Gasteiger partial charge in [0, 0.05) is 11.3 Å². The minimum atomic E-state index is -2.83. The van der Waals surface area contributed by atoms with Crippen molar-refractivity contribution in [2.24, 2.45) is 0 Å². The second-order valence-electron chi connectivity index (χ2n) is 5.39. The van der Waals surface area contributed by atoms with Crippen LogP contribution >= 0.6 is 0 Å². The van der Waals surface area contributed by atoms with Gasteiger partial charge in [-0.2, -0.15) is 10.4 Å². The predicted molar refractivity (Wildman–Crippen MR) is 87.8 cm³/mol. The third-order valence-corrected chi connectivity index (χ3v) is 3.69. The molecule has 0 bridgehead atoms. The zero-order valence-corrected chi connectivity index (χ0v) is 12.9. The highest BCUT2D eigenvalue weighted by atomic mass is 19.3. The fraction of sp³-hybridized carbons (Fsp3) is 0.111. The molecule has 0 radical (unpaired) electrons. The first kappa shape index (κ1) is 15.7. The molecule has 0 aliphatic rings. The number of nitriles is 1. The Morgan fingerprint density at radius 3 is 2.25 bits per heavy atom. The predicted octanol–water partition coefficient (Wildman–Crippen LogP) is 4.24. The van der Waals surface area contributed by atoms with Crippen LogP contribution in [0, 0.1) is 18.3 Å². The van der Waals surface area contributed by atoms with Gasteiger partial charge in [-0.05, 0) is 31.2 Å². The number of aromatic nitrogens is 2. The number of alkyl halides is 2. The Balaban J connectivity index is 2.30. The molecular formula is C18H14F2N4. The molecule has 0 saturated carbocycles. The van der Waals surface area contributed by atoms with E-state index in [0.717, 1.165) is 5.56 Å². The molecule has 2 aromatic carbocycles. The minimum Gasteiger partial charge on any atom is -0.399 e. The number of nitrogens with two attached hydrogens (primary N) is 1. The van der Waals surface area contributed by atoms with Crippen LogP contribution in [0.15, 0.2) is 48.5 Å². The van der Waals surface area contributed by atoms with Crippen molar-refractivity contribution in [3.63, 3.8) is 0 Å². The van der Waals surface area contributed by atoms with Gasteiger partial charge in [-0.1, -0.05) is 29.8 Å². The maximum atomic E-state index is 13.3. The maximum absolute atomic E-state index is 13.3. The first-order chi connectivity index (χ1) is 11.5. The van der Waals surface area contributed by atoms with Gasteiger partial charge in [-0.25, -0.2) is 13.5 Å². The molecule has 1 aromatic heterocycles. The van der Waals surface area contributed by atoms with Crippen LogP contribution in [0.1, 0.15) is 23.2 Å². The largest absolute Gasteiger partial charge is 0.399 e. The Hall–Kier alpha value is -3.20. The van der Waals surface area contributed by atoms with E-state index in [1.54, 1.807) is 36.4 Å². The summed E-state index contributed by atoms with van der Waals surface area (Å²) in [4.78, 5) is 0. The molecule has 1 heterocycles. The molecule has 0 atom stereocenters. The third kappa shape index (κ3) is 2.72. The van der Waals surface area contributed by atoms with E-state index in [1.165, 1.54) is 4.68 Å². The molecule has 2 N–H and O–H groups in total. The molecule has 4 nitrogen and oxygen atoms in total. The first-order valence-electron chi connectivity index (χ1n) is 7.25. The molecule has 3 aromatic rings. The summed E-state index contributed by atoms with van der Waals surface area (Å²) < 4.78 is 28.0. The molecule has 0 fully saturated rings. The van der Waals surface area contributed by atoms with Crippen LogP contribution in [0.2, 0.25) is 0 Å². The molecule has 24 heavy (non-hydrogen) atoms. The summed E-state index contributed by atoms with van der Waals surface area (Å²) in [7, 11) is 0. The SMILES string of the molecule is Cc1ccc(-c2c(C#N)c(C(F)F)nn2-c2ccc(N)cc2)cc1. The van der Waals surface area contributed by atoms with Gasteiger partial charge in [0.1, 0.15) is 17.3 Å². The van der Waals surface area contributed by atoms with Gasteiger partial charge in [0.25, 0.3) is 6.43 Å². The topological polar surface area (TPSA) is 67.6 Å². The standard InChI is InChI=1S/C18H14F2N4/c1-11-2-4-12(5-3-11)17-15(10-21)16(18(19)20)23-24(17)14-8-6-13(22)7-9-14/h2-9,18H,22H2,1H3. The average Bonchev–Trinajstić information content (AvgIpc) is 2.96. The van der Waals surface area contributed by atoms with Crippen LogP contribution in [-0.2, 0) is 0 Å². The summed E-state index contributed by atoms with van der Waals surface area (Å²) in [5, 5.41) is 13.4. The Morgan fingerprint density at radius 1 is 1.08 bits per heavy atom. The first-order valence-corrected chi connectivity index (χ1v) is 7.25. The van der Waals surface area contributed by atoms with Gasteiger partial charge >= 0.3 is 0 Å². The summed E-state index contributed by atoms with van der Waals surface area (Å²) in [5.41, 5.74) is 8.17. The van der Waals surface area contributed by atoms with Gasteiger partial charge in [0.05, 0.1) is 11.4 Å². The van der Waals surface area contributed by atoms with Gasteiger partial charge in [0.2, 0.25) is 0 Å². The molecule has 3 rings (SSSR count). The monoisotopic (exact) mass is 324 g/mol. The lowest BCUT2D eigenvalue weighted by Gasteiger charge is -2.09. The molecular weight excluding hydrogens is 310 g/mol. The Morgan fingerprint density at radius 2 is 1.71 bits per heavy atom. The highest BCUT2D eigenvalue weighted by Crippen LogP contribution is 2.33. The number of nitrogens with zero attached hydrogens (tertiary/aromatic N) is 3. The summed E-state index contributed by atoms with van der Waals surface area (Å²) in [6.45, 7) is 1.93. The molecule has 0 amide bonds. The van der Waals surface area contributed by atoms with Gasteiger partial charge in [0.15, 0.2) is 0 Å². The Labute approximate surface area is 137 Å². The van der Waals surface area contributed by atoms with Crippen molar-refractivity contribution in [1.82, 2.24) is 9.78 Å². The number of nitrogen functional groups attached to an aromatic ring is 1. The molecule has 120 valence electrons. The van der Waals surface area contributed by atoms with Crippen molar-refractivity contribution in [2.75, 3.05) is 5.73 Å². The fourth-order valence-electron chi connectivity index (χ4n) is 2.48. The fourth-order valence-corrected chi connectivity index (χ4v) is 2.48. The van der Waals surface area contributed by atoms with Crippen molar-refractivity contribution >= 4 is 5.69 Å². The maximum Gasteiger partial charge on any atom is 0.283 e. The second-order valence-corrected chi connectivity index (χ2v) is 5.39. The summed E-state index contributed by atoms with van der Waals surface area (Å²) in [5.74, 6) is 0. The van der Waals surface area contributed by atoms with E-state index in [0.29, 0.717) is 22.6 Å². The molecule has 0 unspecified atom stereocenters. The number of aryl methyl sites for hydroxylation is 1. The van der Waals surface area contributed by atoms with E-state index >= 15 is 0 Å². The number of hydrogen-bond acceptors (Lipinski definition) is 3. The smallest absolute Gasteiger partial charge is 0.283 e. The van der Waals surface area contributed by atoms with Crippen molar-refractivity contribution in [1.29, 1.82) is 5.26 Å². The van der Waals surface area contributed by atoms with Crippen LogP contribution in [0.4, 0.5) is 14.5 Å². The van der Waals surface area contributed by atoms with E-state index in [2.05, 4.69) is 5.10 Å². The van der Waals surface area contributed by atoms with E-state index in [1.807, 2.05) is 25.1 Å². The zero-order chi connectivity index (χ0) is 17.3. The highest BCUT2D eigenvalue weighted by molar-refractivity contribution is 5.71. The van der Waals surface area contributed by atoms with Crippen LogP contribution in [0.3, 0.4) is 0 Å². The zero-order valence-electron chi connectivity index (χ0n) is 12.9. The number of halogens is 2. The Bertz CT molecular complexity index is 904. The number of anilines is 1. The highest BCUT2D eigenvalue weighted by Gasteiger charge is 2.25. The van der Waals surface area contributed by atoms with Crippen molar-refractivity contribution < 1.29 is 8.78 Å². The second kappa shape index (κ2) is 6.13. The van der Waals surface area contributed by atoms with Gasteiger partial charge < -0.3 is 5.73 Å². The van der Waals surface area contributed by atoms with E-state index in [4.69, 9.17) is 5.73 Å². The average molecular weight is 324 g/mol. The van der Waals surface area contributed by atoms with Gasteiger partial charge in [-0.15, -0.1) is 0 Å². The molecule has 0 saturated heterocycles. The molecule has 6 heteroatoms. The molecule has 0 aliphatic heterocycles. The van der Waals surface area contributed by atoms with Crippen LogP contribution in [0.25, 0.3) is 16.9 Å². The van der Waals surface area contributed by atoms with Crippen molar-refractivity contribution in [2.45, 2.75) is 13.3 Å². The van der Waals surface area contributed by atoms with Crippen LogP contribution in [-0.4, -0.2) is 9.78 Å². The number of rotatable bonds is 3. The lowest BCUT2D eigenvalue weighted by atomic mass is 10.0.